The van der Waals surface area contributed by atoms with Gasteiger partial charge in [0.2, 0.25) is 0 Å². The van der Waals surface area contributed by atoms with E-state index in [1.165, 1.54) is 44.9 Å². The second-order valence-electron chi connectivity index (χ2n) is 12.0. The molecule has 4 saturated carbocycles. The monoisotopic (exact) mass is 423 g/mol. The number of hydrogen-bond acceptors (Lipinski definition) is 3. The zero-order valence-electron chi connectivity index (χ0n) is 19.7. The van der Waals surface area contributed by atoms with Crippen molar-refractivity contribution in [3.63, 3.8) is 0 Å². The van der Waals surface area contributed by atoms with Gasteiger partial charge in [-0.25, -0.2) is 0 Å². The van der Waals surface area contributed by atoms with Crippen LogP contribution in [0, 0.1) is 41.4 Å². The lowest BCUT2D eigenvalue weighted by molar-refractivity contribution is -0.147. The number of phenolic OH excluding ortho intramolecular Hbond substituents is 1. The van der Waals surface area contributed by atoms with Crippen molar-refractivity contribution in [3.05, 3.63) is 29.3 Å². The summed E-state index contributed by atoms with van der Waals surface area (Å²) in [6.07, 6.45) is 14.7. The molecule has 0 heterocycles. The lowest BCUT2D eigenvalue weighted by Gasteiger charge is -2.61. The minimum atomic E-state index is -0.719. The third kappa shape index (κ3) is 3.29. The van der Waals surface area contributed by atoms with E-state index in [0.717, 1.165) is 48.1 Å². The van der Waals surface area contributed by atoms with Crippen molar-refractivity contribution in [1.29, 1.82) is 0 Å². The maximum atomic E-state index is 11.9. The summed E-state index contributed by atoms with van der Waals surface area (Å²) in [7, 11) is 0. The number of aliphatic imine (C=N–C) groups is 1. The molecule has 0 aromatic heterocycles. The maximum absolute atomic E-state index is 11.9. The van der Waals surface area contributed by atoms with Crippen LogP contribution in [-0.2, 0) is 0 Å². The maximum Gasteiger partial charge on any atom is 0.124 e. The normalized spacial score (nSPS) is 44.6. The summed E-state index contributed by atoms with van der Waals surface area (Å²) in [5, 5.41) is 22.0. The van der Waals surface area contributed by atoms with Crippen LogP contribution in [-0.4, -0.2) is 28.6 Å². The molecule has 0 aliphatic heterocycles. The number of rotatable bonds is 3. The molecule has 0 bridgehead atoms. The van der Waals surface area contributed by atoms with Crippen molar-refractivity contribution in [1.82, 2.24) is 0 Å². The lowest BCUT2D eigenvalue weighted by atomic mass is 9.44. The smallest absolute Gasteiger partial charge is 0.124 e. The Morgan fingerprint density at radius 1 is 1.00 bits per heavy atom. The molecular formula is C28H41NO2. The van der Waals surface area contributed by atoms with Gasteiger partial charge in [0.05, 0.1) is 12.1 Å². The molecule has 3 heteroatoms. The highest BCUT2D eigenvalue weighted by Gasteiger charge is 2.64. The molecule has 7 atom stereocenters. The van der Waals surface area contributed by atoms with Gasteiger partial charge in [-0.05, 0) is 99.5 Å². The number of aromatic hydroxyl groups is 1. The second kappa shape index (κ2) is 7.61. The van der Waals surface area contributed by atoms with Gasteiger partial charge in [-0.1, -0.05) is 38.3 Å². The highest BCUT2D eigenvalue weighted by molar-refractivity contribution is 5.83. The van der Waals surface area contributed by atoms with Crippen molar-refractivity contribution in [3.8, 4) is 5.75 Å². The third-order valence-electron chi connectivity index (χ3n) is 10.7. The predicted molar refractivity (Wildman–Crippen MR) is 127 cm³/mol. The van der Waals surface area contributed by atoms with E-state index < -0.39 is 5.60 Å². The highest BCUT2D eigenvalue weighted by atomic mass is 16.3. The first-order valence-corrected chi connectivity index (χ1v) is 12.8. The zero-order chi connectivity index (χ0) is 21.9. The van der Waals surface area contributed by atoms with Gasteiger partial charge in [0.25, 0.3) is 0 Å². The van der Waals surface area contributed by atoms with Crippen LogP contribution in [0.5, 0.6) is 5.75 Å². The molecule has 0 amide bonds. The standard InChI is InChI=1S/C28H41NO2/c1-19-7-10-25(30)20(16-19)17-29-18-28(31)15-12-24-22-9-8-21-6-4-5-13-26(21,2)23(22)11-14-27(24,28)3/h7,10,16-17,21-24,30-31H,4-6,8-9,11-15,18H2,1-3H3/t21-,22+,23?,24+,26-,27-,28+/m0/s1. The van der Waals surface area contributed by atoms with Gasteiger partial charge < -0.3 is 10.2 Å². The Hall–Kier alpha value is -1.35. The van der Waals surface area contributed by atoms with Gasteiger partial charge in [0.15, 0.2) is 0 Å². The average Bonchev–Trinajstić information content (AvgIpc) is 3.01. The van der Waals surface area contributed by atoms with Gasteiger partial charge in [-0.15, -0.1) is 0 Å². The Labute approximate surface area is 188 Å². The summed E-state index contributed by atoms with van der Waals surface area (Å²) in [5.41, 5.74) is 1.65. The first-order chi connectivity index (χ1) is 14.8. The Bertz CT molecular complexity index is 865. The SMILES string of the molecule is Cc1ccc(O)c(C=NC[C@]2(O)CC[C@@H]3[C@@H]4CC[C@@H]5CCCC[C@]5(C)C4CC[C@@]32C)c1. The third-order valence-corrected chi connectivity index (χ3v) is 10.7. The molecule has 4 fully saturated rings. The Balaban J connectivity index is 1.35. The van der Waals surface area contributed by atoms with E-state index in [9.17, 15) is 10.2 Å². The van der Waals surface area contributed by atoms with Crippen LogP contribution in [0.25, 0.3) is 0 Å². The van der Waals surface area contributed by atoms with Crippen LogP contribution in [0.15, 0.2) is 23.2 Å². The van der Waals surface area contributed by atoms with Gasteiger partial charge in [0.1, 0.15) is 5.75 Å². The highest BCUT2D eigenvalue weighted by Crippen LogP contribution is 2.68. The van der Waals surface area contributed by atoms with E-state index in [2.05, 4.69) is 18.8 Å². The van der Waals surface area contributed by atoms with E-state index >= 15 is 0 Å². The molecule has 1 aromatic carbocycles. The topological polar surface area (TPSA) is 52.8 Å². The van der Waals surface area contributed by atoms with Crippen LogP contribution in [0.3, 0.4) is 0 Å². The first kappa shape index (κ1) is 21.5. The lowest BCUT2D eigenvalue weighted by Crippen LogP contribution is -2.56. The molecule has 4 aliphatic rings. The molecule has 170 valence electrons. The Morgan fingerprint density at radius 3 is 2.65 bits per heavy atom. The number of phenols is 1. The largest absolute Gasteiger partial charge is 0.507 e. The van der Waals surface area contributed by atoms with Crippen molar-refractivity contribution in [2.75, 3.05) is 6.54 Å². The molecule has 5 rings (SSSR count). The van der Waals surface area contributed by atoms with E-state index in [-0.39, 0.29) is 11.2 Å². The molecule has 3 nitrogen and oxygen atoms in total. The molecule has 0 spiro atoms. The quantitative estimate of drug-likeness (QED) is 0.562. The average molecular weight is 424 g/mol. The molecule has 1 unspecified atom stereocenters. The minimum Gasteiger partial charge on any atom is -0.507 e. The number of hydrogen-bond donors (Lipinski definition) is 2. The summed E-state index contributed by atoms with van der Waals surface area (Å²) < 4.78 is 0. The number of aryl methyl sites for hydroxylation is 1. The fraction of sp³-hybridized carbons (Fsp3) is 0.750. The van der Waals surface area contributed by atoms with Gasteiger partial charge >= 0.3 is 0 Å². The van der Waals surface area contributed by atoms with Crippen molar-refractivity contribution in [2.24, 2.45) is 39.5 Å². The molecular weight excluding hydrogens is 382 g/mol. The van der Waals surface area contributed by atoms with Gasteiger partial charge in [0, 0.05) is 17.2 Å². The van der Waals surface area contributed by atoms with E-state index in [1.54, 1.807) is 12.3 Å². The number of fused-ring (bicyclic) bond motifs is 5. The van der Waals surface area contributed by atoms with E-state index in [0.29, 0.717) is 17.9 Å². The molecule has 0 saturated heterocycles. The van der Waals surface area contributed by atoms with Crippen LogP contribution >= 0.6 is 0 Å². The summed E-state index contributed by atoms with van der Waals surface area (Å²) in [6, 6.07) is 5.58. The zero-order valence-corrected chi connectivity index (χ0v) is 19.7. The Kier molecular flexibility index (Phi) is 5.28. The Morgan fingerprint density at radius 2 is 1.81 bits per heavy atom. The second-order valence-corrected chi connectivity index (χ2v) is 12.0. The van der Waals surface area contributed by atoms with Crippen molar-refractivity contribution < 1.29 is 10.2 Å². The number of aliphatic hydroxyl groups is 1. The van der Waals surface area contributed by atoms with Crippen molar-refractivity contribution in [2.45, 2.75) is 90.6 Å². The van der Waals surface area contributed by atoms with Crippen molar-refractivity contribution >= 4 is 6.21 Å². The molecule has 0 radical (unpaired) electrons. The molecule has 1 aromatic rings. The summed E-state index contributed by atoms with van der Waals surface area (Å²) in [6.45, 7) is 7.46. The predicted octanol–water partition coefficient (Wildman–Crippen LogP) is 6.28. The first-order valence-electron chi connectivity index (χ1n) is 12.8. The molecule has 31 heavy (non-hydrogen) atoms. The minimum absolute atomic E-state index is 0.0297. The van der Waals surface area contributed by atoms with E-state index in [1.807, 2.05) is 19.1 Å². The fourth-order valence-corrected chi connectivity index (χ4v) is 8.74. The summed E-state index contributed by atoms with van der Waals surface area (Å²) in [4.78, 5) is 4.68. The van der Waals surface area contributed by atoms with E-state index in [4.69, 9.17) is 0 Å². The fourth-order valence-electron chi connectivity index (χ4n) is 8.74. The number of nitrogens with zero attached hydrogens (tertiary/aromatic N) is 1. The number of benzene rings is 1. The van der Waals surface area contributed by atoms with Crippen LogP contribution in [0.1, 0.15) is 89.2 Å². The summed E-state index contributed by atoms with van der Waals surface area (Å²) in [5.74, 6) is 3.49. The molecule has 2 N–H and O–H groups in total. The van der Waals surface area contributed by atoms with Crippen LogP contribution in [0.2, 0.25) is 0 Å². The molecule has 4 aliphatic carbocycles. The van der Waals surface area contributed by atoms with Gasteiger partial charge in [-0.2, -0.15) is 0 Å². The van der Waals surface area contributed by atoms with Gasteiger partial charge in [-0.3, -0.25) is 4.99 Å². The summed E-state index contributed by atoms with van der Waals surface area (Å²) >= 11 is 0. The van der Waals surface area contributed by atoms with Crippen LogP contribution < -0.4 is 0 Å². The van der Waals surface area contributed by atoms with Crippen LogP contribution in [0.4, 0.5) is 0 Å².